The van der Waals surface area contributed by atoms with E-state index in [-0.39, 0.29) is 0 Å². The van der Waals surface area contributed by atoms with E-state index in [0.717, 1.165) is 18.4 Å². The molecular weight excluding hydrogens is 232 g/mol. The second kappa shape index (κ2) is 5.10. The van der Waals surface area contributed by atoms with Crippen LogP contribution in [0.1, 0.15) is 19.4 Å². The Morgan fingerprint density at radius 3 is 2.79 bits per heavy atom. The summed E-state index contributed by atoms with van der Waals surface area (Å²) < 4.78 is 0. The van der Waals surface area contributed by atoms with Crippen molar-refractivity contribution in [3.8, 4) is 0 Å². The van der Waals surface area contributed by atoms with Crippen molar-refractivity contribution < 1.29 is 0 Å². The summed E-state index contributed by atoms with van der Waals surface area (Å²) in [6.07, 6.45) is 4.55. The van der Waals surface area contributed by atoms with E-state index in [0.29, 0.717) is 5.54 Å². The van der Waals surface area contributed by atoms with Crippen LogP contribution in [0.2, 0.25) is 0 Å². The summed E-state index contributed by atoms with van der Waals surface area (Å²) in [5, 5.41) is 3.54. The van der Waals surface area contributed by atoms with Crippen molar-refractivity contribution in [1.82, 2.24) is 10.2 Å². The van der Waals surface area contributed by atoms with Gasteiger partial charge in [-0.3, -0.25) is 4.90 Å². The first-order valence-corrected chi connectivity index (χ1v) is 7.35. The summed E-state index contributed by atoms with van der Waals surface area (Å²) in [5.74, 6) is 1.66. The Bertz CT molecular complexity index is 450. The highest BCUT2D eigenvalue weighted by molar-refractivity contribution is 5.48. The molecule has 0 amide bonds. The molecule has 1 aromatic carbocycles. The summed E-state index contributed by atoms with van der Waals surface area (Å²) >= 11 is 0. The molecule has 19 heavy (non-hydrogen) atoms. The Labute approximate surface area is 116 Å². The molecule has 0 bridgehead atoms. The molecular formula is C17H24N2. The molecule has 0 aromatic heterocycles. The molecule has 2 heterocycles. The average molecular weight is 256 g/mol. The van der Waals surface area contributed by atoms with Crippen molar-refractivity contribution in [2.24, 2.45) is 11.8 Å². The van der Waals surface area contributed by atoms with Gasteiger partial charge >= 0.3 is 0 Å². The topological polar surface area (TPSA) is 15.3 Å². The molecule has 102 valence electrons. The number of fused-ring (bicyclic) bond motifs is 1. The lowest BCUT2D eigenvalue weighted by Crippen LogP contribution is -2.44. The van der Waals surface area contributed by atoms with Crippen LogP contribution in [-0.4, -0.2) is 36.6 Å². The zero-order valence-electron chi connectivity index (χ0n) is 12.0. The van der Waals surface area contributed by atoms with Crippen LogP contribution in [0.15, 0.2) is 36.4 Å². The predicted molar refractivity (Wildman–Crippen MR) is 81.0 cm³/mol. The lowest BCUT2D eigenvalue weighted by atomic mass is 9.85. The quantitative estimate of drug-likeness (QED) is 0.894. The highest BCUT2D eigenvalue weighted by atomic mass is 15.2. The van der Waals surface area contributed by atoms with Crippen LogP contribution in [0.25, 0.3) is 6.08 Å². The van der Waals surface area contributed by atoms with E-state index in [1.807, 2.05) is 0 Å². The van der Waals surface area contributed by atoms with Gasteiger partial charge in [0.15, 0.2) is 0 Å². The summed E-state index contributed by atoms with van der Waals surface area (Å²) in [6.45, 7) is 9.50. The van der Waals surface area contributed by atoms with Crippen LogP contribution >= 0.6 is 0 Å². The number of hydrogen-bond acceptors (Lipinski definition) is 2. The fourth-order valence-corrected chi connectivity index (χ4v) is 3.69. The zero-order valence-corrected chi connectivity index (χ0v) is 12.0. The minimum atomic E-state index is 0.329. The molecule has 2 fully saturated rings. The number of nitrogens with zero attached hydrogens (tertiary/aromatic N) is 1. The van der Waals surface area contributed by atoms with Gasteiger partial charge in [-0.2, -0.15) is 0 Å². The first-order valence-electron chi connectivity index (χ1n) is 7.35. The maximum absolute atomic E-state index is 3.54. The van der Waals surface area contributed by atoms with Gasteiger partial charge in [-0.1, -0.05) is 42.5 Å². The van der Waals surface area contributed by atoms with Gasteiger partial charge in [0.1, 0.15) is 0 Å². The van der Waals surface area contributed by atoms with Crippen LogP contribution < -0.4 is 5.32 Å². The van der Waals surface area contributed by atoms with E-state index in [2.05, 4.69) is 66.5 Å². The normalized spacial score (nSPS) is 30.0. The predicted octanol–water partition coefficient (Wildman–Crippen LogP) is 2.63. The molecule has 2 aliphatic heterocycles. The Hall–Kier alpha value is -1.12. The van der Waals surface area contributed by atoms with Crippen LogP contribution in [-0.2, 0) is 0 Å². The highest BCUT2D eigenvalue weighted by Crippen LogP contribution is 2.40. The van der Waals surface area contributed by atoms with Gasteiger partial charge < -0.3 is 5.32 Å². The molecule has 2 atom stereocenters. The Morgan fingerprint density at radius 2 is 2.05 bits per heavy atom. The summed E-state index contributed by atoms with van der Waals surface area (Å²) in [7, 11) is 0. The molecule has 2 nitrogen and oxygen atoms in total. The number of rotatable bonds is 3. The largest absolute Gasteiger partial charge is 0.316 e. The number of likely N-dealkylation sites (tertiary alicyclic amines) is 1. The summed E-state index contributed by atoms with van der Waals surface area (Å²) in [6, 6.07) is 10.6. The second-order valence-corrected chi connectivity index (χ2v) is 6.40. The third-order valence-electron chi connectivity index (χ3n) is 4.95. The van der Waals surface area contributed by atoms with Gasteiger partial charge in [0, 0.05) is 25.2 Å². The van der Waals surface area contributed by atoms with Crippen molar-refractivity contribution in [1.29, 1.82) is 0 Å². The molecule has 1 N–H and O–H groups in total. The number of hydrogen-bond donors (Lipinski definition) is 1. The summed E-state index contributed by atoms with van der Waals surface area (Å²) in [4.78, 5) is 2.64. The van der Waals surface area contributed by atoms with Crippen molar-refractivity contribution in [2.75, 3.05) is 26.2 Å². The van der Waals surface area contributed by atoms with Crippen molar-refractivity contribution >= 4 is 6.08 Å². The number of nitrogens with one attached hydrogen (secondary N) is 1. The number of benzene rings is 1. The van der Waals surface area contributed by atoms with E-state index in [1.54, 1.807) is 0 Å². The molecule has 0 saturated carbocycles. The maximum atomic E-state index is 3.54. The van der Waals surface area contributed by atoms with Crippen LogP contribution in [0.4, 0.5) is 0 Å². The van der Waals surface area contributed by atoms with Gasteiger partial charge in [0.25, 0.3) is 0 Å². The van der Waals surface area contributed by atoms with Crippen molar-refractivity contribution in [2.45, 2.75) is 19.4 Å². The Kier molecular flexibility index (Phi) is 3.46. The molecule has 2 aliphatic rings. The standard InChI is InChI=1S/C17H24N2/c1-17(2)16-12-18-11-15(16)13-19(17)10-6-9-14-7-4-3-5-8-14/h3-9,15-16,18H,10-13H2,1-2H3. The monoisotopic (exact) mass is 256 g/mol. The Balaban J connectivity index is 1.63. The SMILES string of the molecule is CC1(C)C2CNCC2CN1CC=Cc1ccccc1. The molecule has 0 spiro atoms. The van der Waals surface area contributed by atoms with Gasteiger partial charge in [-0.15, -0.1) is 0 Å². The molecule has 2 heteroatoms. The molecule has 2 saturated heterocycles. The minimum Gasteiger partial charge on any atom is -0.316 e. The lowest BCUT2D eigenvalue weighted by molar-refractivity contribution is 0.156. The fraction of sp³-hybridized carbons (Fsp3) is 0.529. The third-order valence-corrected chi connectivity index (χ3v) is 4.95. The van der Waals surface area contributed by atoms with Crippen LogP contribution in [0.5, 0.6) is 0 Å². The zero-order chi connectivity index (χ0) is 13.3. The van der Waals surface area contributed by atoms with Gasteiger partial charge in [0.05, 0.1) is 0 Å². The van der Waals surface area contributed by atoms with Gasteiger partial charge in [-0.25, -0.2) is 0 Å². The Morgan fingerprint density at radius 1 is 1.26 bits per heavy atom. The van der Waals surface area contributed by atoms with Gasteiger partial charge in [-0.05, 0) is 37.8 Å². The molecule has 0 radical (unpaired) electrons. The van der Waals surface area contributed by atoms with E-state index >= 15 is 0 Å². The van der Waals surface area contributed by atoms with Crippen molar-refractivity contribution in [3.05, 3.63) is 42.0 Å². The molecule has 1 aromatic rings. The summed E-state index contributed by atoms with van der Waals surface area (Å²) in [5.41, 5.74) is 1.62. The molecule has 3 rings (SSSR count). The van der Waals surface area contributed by atoms with E-state index < -0.39 is 0 Å². The second-order valence-electron chi connectivity index (χ2n) is 6.40. The first kappa shape index (κ1) is 12.9. The smallest absolute Gasteiger partial charge is 0.0200 e. The minimum absolute atomic E-state index is 0.329. The lowest BCUT2D eigenvalue weighted by Gasteiger charge is -2.35. The van der Waals surface area contributed by atoms with E-state index in [1.165, 1.54) is 25.2 Å². The fourth-order valence-electron chi connectivity index (χ4n) is 3.69. The van der Waals surface area contributed by atoms with Crippen molar-refractivity contribution in [3.63, 3.8) is 0 Å². The van der Waals surface area contributed by atoms with Crippen LogP contribution in [0.3, 0.4) is 0 Å². The third kappa shape index (κ3) is 2.47. The molecule has 2 unspecified atom stereocenters. The van der Waals surface area contributed by atoms with Crippen LogP contribution in [0, 0.1) is 11.8 Å². The molecule has 0 aliphatic carbocycles. The highest BCUT2D eigenvalue weighted by Gasteiger charge is 2.48. The van der Waals surface area contributed by atoms with Gasteiger partial charge in [0.2, 0.25) is 0 Å². The maximum Gasteiger partial charge on any atom is 0.0200 e. The first-order chi connectivity index (χ1) is 9.18. The van der Waals surface area contributed by atoms with E-state index in [4.69, 9.17) is 0 Å². The van der Waals surface area contributed by atoms with E-state index in [9.17, 15) is 0 Å². The average Bonchev–Trinajstić information content (AvgIpc) is 2.95.